The van der Waals surface area contributed by atoms with Gasteiger partial charge in [0.15, 0.2) is 0 Å². The standard InChI is InChI=1S/C15H26N2/c1-7-15(5,6)11-17-13-9-8-12(10-16-13)14(2,3)4/h8-10H,7,11H2,1-6H3,(H,16,17). The Bertz CT molecular complexity index is 344. The number of nitrogens with one attached hydrogen (secondary N) is 1. The Morgan fingerprint density at radius 2 is 1.76 bits per heavy atom. The summed E-state index contributed by atoms with van der Waals surface area (Å²) in [5.74, 6) is 0.972. The topological polar surface area (TPSA) is 24.9 Å². The Balaban J connectivity index is 2.64. The van der Waals surface area contributed by atoms with Crippen LogP contribution < -0.4 is 5.32 Å². The molecule has 1 N–H and O–H groups in total. The third kappa shape index (κ3) is 4.37. The van der Waals surface area contributed by atoms with Crippen LogP contribution in [0.4, 0.5) is 5.82 Å². The highest BCUT2D eigenvalue weighted by Gasteiger charge is 2.16. The smallest absolute Gasteiger partial charge is 0.125 e. The summed E-state index contributed by atoms with van der Waals surface area (Å²) >= 11 is 0. The third-order valence-electron chi connectivity index (χ3n) is 3.33. The highest BCUT2D eigenvalue weighted by molar-refractivity contribution is 5.37. The highest BCUT2D eigenvalue weighted by Crippen LogP contribution is 2.23. The molecule has 2 heteroatoms. The molecule has 1 aromatic rings. The fourth-order valence-corrected chi connectivity index (χ4v) is 1.40. The third-order valence-corrected chi connectivity index (χ3v) is 3.33. The maximum atomic E-state index is 4.47. The lowest BCUT2D eigenvalue weighted by Gasteiger charge is -2.23. The molecule has 0 unspecified atom stereocenters. The molecule has 96 valence electrons. The molecule has 0 bridgehead atoms. The molecule has 0 saturated heterocycles. The van der Waals surface area contributed by atoms with Crippen LogP contribution >= 0.6 is 0 Å². The van der Waals surface area contributed by atoms with E-state index in [1.165, 1.54) is 12.0 Å². The quantitative estimate of drug-likeness (QED) is 0.843. The van der Waals surface area contributed by atoms with E-state index in [2.05, 4.69) is 64.0 Å². The van der Waals surface area contributed by atoms with Crippen molar-refractivity contribution in [2.24, 2.45) is 5.41 Å². The van der Waals surface area contributed by atoms with Gasteiger partial charge in [0.1, 0.15) is 5.82 Å². The van der Waals surface area contributed by atoms with Crippen LogP contribution in [0.1, 0.15) is 53.5 Å². The van der Waals surface area contributed by atoms with Crippen LogP contribution in [-0.4, -0.2) is 11.5 Å². The van der Waals surface area contributed by atoms with Gasteiger partial charge in [0.2, 0.25) is 0 Å². The molecule has 0 radical (unpaired) electrons. The van der Waals surface area contributed by atoms with Gasteiger partial charge in [0.25, 0.3) is 0 Å². The second-order valence-corrected chi connectivity index (χ2v) is 6.55. The lowest BCUT2D eigenvalue weighted by Crippen LogP contribution is -2.22. The van der Waals surface area contributed by atoms with E-state index in [0.29, 0.717) is 5.41 Å². The first-order chi connectivity index (χ1) is 7.74. The van der Waals surface area contributed by atoms with Crippen molar-refractivity contribution < 1.29 is 0 Å². The zero-order chi connectivity index (χ0) is 13.1. The van der Waals surface area contributed by atoms with E-state index in [1.54, 1.807) is 0 Å². The van der Waals surface area contributed by atoms with Gasteiger partial charge in [-0.1, -0.05) is 47.6 Å². The van der Waals surface area contributed by atoms with E-state index >= 15 is 0 Å². The molecule has 0 fully saturated rings. The van der Waals surface area contributed by atoms with Gasteiger partial charge in [-0.15, -0.1) is 0 Å². The molecule has 0 aliphatic heterocycles. The van der Waals surface area contributed by atoms with Gasteiger partial charge < -0.3 is 5.32 Å². The summed E-state index contributed by atoms with van der Waals surface area (Å²) in [7, 11) is 0. The molecule has 1 heterocycles. The van der Waals surface area contributed by atoms with E-state index in [1.807, 2.05) is 6.20 Å². The molecule has 0 aliphatic carbocycles. The average molecular weight is 234 g/mol. The van der Waals surface area contributed by atoms with Crippen LogP contribution in [0.15, 0.2) is 18.3 Å². The van der Waals surface area contributed by atoms with Crippen molar-refractivity contribution in [3.8, 4) is 0 Å². The SMILES string of the molecule is CCC(C)(C)CNc1ccc(C(C)(C)C)cn1. The van der Waals surface area contributed by atoms with Gasteiger partial charge in [-0.2, -0.15) is 0 Å². The van der Waals surface area contributed by atoms with Crippen LogP contribution in [0.5, 0.6) is 0 Å². The molecule has 0 saturated carbocycles. The van der Waals surface area contributed by atoms with Crippen molar-refractivity contribution >= 4 is 5.82 Å². The predicted octanol–water partition coefficient (Wildman–Crippen LogP) is 4.23. The minimum absolute atomic E-state index is 0.175. The van der Waals surface area contributed by atoms with E-state index in [0.717, 1.165) is 12.4 Å². The van der Waals surface area contributed by atoms with Crippen molar-refractivity contribution in [2.75, 3.05) is 11.9 Å². The molecule has 0 aromatic carbocycles. The van der Waals surface area contributed by atoms with Crippen molar-refractivity contribution in [3.63, 3.8) is 0 Å². The summed E-state index contributed by atoms with van der Waals surface area (Å²) in [4.78, 5) is 4.47. The molecule has 0 atom stereocenters. The maximum Gasteiger partial charge on any atom is 0.125 e. The van der Waals surface area contributed by atoms with Gasteiger partial charge >= 0.3 is 0 Å². The van der Waals surface area contributed by atoms with Gasteiger partial charge in [-0.05, 0) is 28.9 Å². The number of hydrogen-bond donors (Lipinski definition) is 1. The minimum atomic E-state index is 0.175. The van der Waals surface area contributed by atoms with E-state index in [9.17, 15) is 0 Å². The Hall–Kier alpha value is -1.05. The molecule has 1 rings (SSSR count). The van der Waals surface area contributed by atoms with E-state index < -0.39 is 0 Å². The second kappa shape index (κ2) is 5.07. The minimum Gasteiger partial charge on any atom is -0.370 e. The Morgan fingerprint density at radius 3 is 2.18 bits per heavy atom. The molecular formula is C15H26N2. The van der Waals surface area contributed by atoms with E-state index in [-0.39, 0.29) is 5.41 Å². The number of aromatic nitrogens is 1. The molecule has 2 nitrogen and oxygen atoms in total. The fraction of sp³-hybridized carbons (Fsp3) is 0.667. The van der Waals surface area contributed by atoms with Crippen LogP contribution in [0.2, 0.25) is 0 Å². The summed E-state index contributed by atoms with van der Waals surface area (Å²) in [5, 5.41) is 3.40. The zero-order valence-electron chi connectivity index (χ0n) is 12.1. The van der Waals surface area contributed by atoms with Gasteiger partial charge in [0.05, 0.1) is 0 Å². The molecule has 17 heavy (non-hydrogen) atoms. The van der Waals surface area contributed by atoms with Gasteiger partial charge in [-0.25, -0.2) is 4.98 Å². The maximum absolute atomic E-state index is 4.47. The summed E-state index contributed by atoms with van der Waals surface area (Å²) in [6, 6.07) is 4.24. The summed E-state index contributed by atoms with van der Waals surface area (Å²) in [5.41, 5.74) is 1.77. The summed E-state index contributed by atoms with van der Waals surface area (Å²) in [6.07, 6.45) is 3.14. The highest BCUT2D eigenvalue weighted by atomic mass is 15.0. The lowest BCUT2D eigenvalue weighted by atomic mass is 9.88. The Morgan fingerprint density at radius 1 is 1.12 bits per heavy atom. The summed E-state index contributed by atoms with van der Waals surface area (Å²) < 4.78 is 0. The molecule has 1 aromatic heterocycles. The van der Waals surface area contributed by atoms with Crippen molar-refractivity contribution in [3.05, 3.63) is 23.9 Å². The normalized spacial score (nSPS) is 12.6. The second-order valence-electron chi connectivity index (χ2n) is 6.55. The molecule has 0 spiro atoms. The number of anilines is 1. The zero-order valence-corrected chi connectivity index (χ0v) is 12.1. The van der Waals surface area contributed by atoms with Crippen LogP contribution in [0.3, 0.4) is 0 Å². The number of pyridine rings is 1. The molecule has 0 aliphatic rings. The number of rotatable bonds is 4. The van der Waals surface area contributed by atoms with Gasteiger partial charge in [-0.3, -0.25) is 0 Å². The summed E-state index contributed by atoms with van der Waals surface area (Å²) in [6.45, 7) is 14.3. The van der Waals surface area contributed by atoms with Crippen LogP contribution in [0, 0.1) is 5.41 Å². The number of nitrogens with zero attached hydrogens (tertiary/aromatic N) is 1. The Labute approximate surface area is 106 Å². The monoisotopic (exact) mass is 234 g/mol. The lowest BCUT2D eigenvalue weighted by molar-refractivity contribution is 0.376. The predicted molar refractivity (Wildman–Crippen MR) is 75.5 cm³/mol. The molecule has 0 amide bonds. The van der Waals surface area contributed by atoms with Crippen molar-refractivity contribution in [1.82, 2.24) is 4.98 Å². The van der Waals surface area contributed by atoms with Crippen molar-refractivity contribution in [1.29, 1.82) is 0 Å². The molecular weight excluding hydrogens is 208 g/mol. The van der Waals surface area contributed by atoms with Crippen LogP contribution in [0.25, 0.3) is 0 Å². The van der Waals surface area contributed by atoms with Crippen molar-refractivity contribution in [2.45, 2.75) is 53.4 Å². The first-order valence-corrected chi connectivity index (χ1v) is 6.45. The average Bonchev–Trinajstić information content (AvgIpc) is 2.26. The first-order valence-electron chi connectivity index (χ1n) is 6.45. The first kappa shape index (κ1) is 14.0. The van der Waals surface area contributed by atoms with Crippen LogP contribution in [-0.2, 0) is 5.41 Å². The number of hydrogen-bond acceptors (Lipinski definition) is 2. The van der Waals surface area contributed by atoms with Gasteiger partial charge in [0, 0.05) is 12.7 Å². The largest absolute Gasteiger partial charge is 0.370 e. The Kier molecular flexibility index (Phi) is 4.18. The fourth-order valence-electron chi connectivity index (χ4n) is 1.40. The van der Waals surface area contributed by atoms with E-state index in [4.69, 9.17) is 0 Å².